The maximum Gasteiger partial charge on any atom is 0.361 e. The van der Waals surface area contributed by atoms with Crippen LogP contribution >= 0.6 is 0 Å². The molecule has 0 radical (unpaired) electrons. The second-order valence-electron chi connectivity index (χ2n) is 3.77. The molecule has 1 aromatic heterocycles. The van der Waals surface area contributed by atoms with Crippen molar-refractivity contribution in [1.82, 2.24) is 9.78 Å². The highest BCUT2D eigenvalue weighted by Gasteiger charge is 2.21. The Morgan fingerprint density at radius 2 is 2.17 bits per heavy atom. The van der Waals surface area contributed by atoms with Gasteiger partial charge in [0.05, 0.1) is 25.1 Å². The highest BCUT2D eigenvalue weighted by atomic mass is 19.1. The van der Waals surface area contributed by atoms with E-state index in [4.69, 9.17) is 9.84 Å². The van der Waals surface area contributed by atoms with Crippen molar-refractivity contribution in [1.29, 1.82) is 0 Å². The van der Waals surface area contributed by atoms with Crippen molar-refractivity contribution >= 4 is 11.7 Å². The lowest BCUT2D eigenvalue weighted by molar-refractivity contribution is -0.147. The number of carboxylic acids is 1. The van der Waals surface area contributed by atoms with E-state index in [0.717, 1.165) is 0 Å². The number of aromatic nitrogens is 2. The van der Waals surface area contributed by atoms with Gasteiger partial charge in [0, 0.05) is 19.2 Å². The normalized spacial score (nSPS) is 17.5. The SMILES string of the molecule is O=C(O)C(F)n1ncc(N2CCOCC2)cc1=O. The van der Waals surface area contributed by atoms with E-state index in [1.807, 2.05) is 4.90 Å². The Labute approximate surface area is 101 Å². The molecule has 2 rings (SSSR count). The molecule has 0 amide bonds. The summed E-state index contributed by atoms with van der Waals surface area (Å²) in [5.41, 5.74) is -0.244. The first-order valence-corrected chi connectivity index (χ1v) is 5.38. The second kappa shape index (κ2) is 5.13. The zero-order valence-corrected chi connectivity index (χ0v) is 9.45. The van der Waals surface area contributed by atoms with Gasteiger partial charge in [-0.15, -0.1) is 0 Å². The summed E-state index contributed by atoms with van der Waals surface area (Å²) >= 11 is 0. The summed E-state index contributed by atoms with van der Waals surface area (Å²) in [7, 11) is 0. The van der Waals surface area contributed by atoms with Gasteiger partial charge in [0.2, 0.25) is 0 Å². The Morgan fingerprint density at radius 3 is 2.72 bits per heavy atom. The van der Waals surface area contributed by atoms with Gasteiger partial charge in [-0.25, -0.2) is 9.18 Å². The van der Waals surface area contributed by atoms with Crippen molar-refractivity contribution in [2.24, 2.45) is 0 Å². The molecule has 1 N–H and O–H groups in total. The zero-order valence-electron chi connectivity index (χ0n) is 9.45. The van der Waals surface area contributed by atoms with Crippen LogP contribution in [0.2, 0.25) is 0 Å². The average Bonchev–Trinajstić information content (AvgIpc) is 2.38. The maximum atomic E-state index is 13.2. The minimum Gasteiger partial charge on any atom is -0.478 e. The molecule has 1 fully saturated rings. The molecule has 98 valence electrons. The number of morpholine rings is 1. The molecule has 0 spiro atoms. The molecule has 0 saturated carbocycles. The number of hydrogen-bond acceptors (Lipinski definition) is 5. The molecule has 1 aliphatic rings. The number of anilines is 1. The van der Waals surface area contributed by atoms with E-state index in [0.29, 0.717) is 36.7 Å². The molecule has 1 aromatic rings. The predicted octanol–water partition coefficient (Wildman–Crippen LogP) is -0.367. The Kier molecular flexibility index (Phi) is 3.56. The van der Waals surface area contributed by atoms with Crippen LogP contribution in [0.4, 0.5) is 10.1 Å². The summed E-state index contributed by atoms with van der Waals surface area (Å²) in [5, 5.41) is 12.0. The summed E-state index contributed by atoms with van der Waals surface area (Å²) in [4.78, 5) is 23.9. The molecule has 7 nitrogen and oxygen atoms in total. The third-order valence-electron chi connectivity index (χ3n) is 2.61. The third-order valence-corrected chi connectivity index (χ3v) is 2.61. The number of hydrogen-bond donors (Lipinski definition) is 1. The molecular formula is C10H12FN3O4. The lowest BCUT2D eigenvalue weighted by atomic mass is 10.3. The van der Waals surface area contributed by atoms with Gasteiger partial charge < -0.3 is 14.7 Å². The van der Waals surface area contributed by atoms with Gasteiger partial charge in [0.1, 0.15) is 0 Å². The molecule has 0 aliphatic carbocycles. The van der Waals surface area contributed by atoms with E-state index in [9.17, 15) is 14.0 Å². The highest BCUT2D eigenvalue weighted by Crippen LogP contribution is 2.12. The molecular weight excluding hydrogens is 245 g/mol. The number of ether oxygens (including phenoxy) is 1. The van der Waals surface area contributed by atoms with Crippen molar-refractivity contribution in [3.8, 4) is 0 Å². The van der Waals surface area contributed by atoms with Crippen LogP contribution in [0.15, 0.2) is 17.1 Å². The molecule has 1 aliphatic heterocycles. The zero-order chi connectivity index (χ0) is 13.1. The number of rotatable bonds is 3. The number of nitrogens with zero attached hydrogens (tertiary/aromatic N) is 3. The first-order valence-electron chi connectivity index (χ1n) is 5.38. The van der Waals surface area contributed by atoms with Crippen LogP contribution in [0.3, 0.4) is 0 Å². The van der Waals surface area contributed by atoms with Gasteiger partial charge in [-0.05, 0) is 0 Å². The van der Waals surface area contributed by atoms with Crippen LogP contribution in [0.5, 0.6) is 0 Å². The topological polar surface area (TPSA) is 84.7 Å². The molecule has 0 bridgehead atoms. The number of halogens is 1. The molecule has 1 atom stereocenters. The van der Waals surface area contributed by atoms with Gasteiger partial charge in [-0.2, -0.15) is 9.78 Å². The first kappa shape index (κ1) is 12.5. The van der Waals surface area contributed by atoms with E-state index in [-0.39, 0.29) is 0 Å². The van der Waals surface area contributed by atoms with Crippen LogP contribution in [-0.4, -0.2) is 47.2 Å². The van der Waals surface area contributed by atoms with Crippen molar-refractivity contribution in [2.75, 3.05) is 31.2 Å². The summed E-state index contributed by atoms with van der Waals surface area (Å²) < 4.78 is 18.6. The molecule has 18 heavy (non-hydrogen) atoms. The standard InChI is InChI=1S/C10H12FN3O4/c11-9(10(16)17)14-8(15)5-7(6-12-14)13-1-3-18-4-2-13/h5-6,9H,1-4H2,(H,16,17). The molecule has 8 heteroatoms. The minimum absolute atomic E-state index is 0.298. The Balaban J connectivity index is 2.24. The Hall–Kier alpha value is -1.96. The van der Waals surface area contributed by atoms with Crippen LogP contribution < -0.4 is 10.5 Å². The number of alkyl halides is 1. The fraction of sp³-hybridized carbons (Fsp3) is 0.500. The maximum absolute atomic E-state index is 13.2. The molecule has 1 saturated heterocycles. The van der Waals surface area contributed by atoms with Crippen molar-refractivity contribution in [3.63, 3.8) is 0 Å². The number of aliphatic carboxylic acids is 1. The molecule has 0 aromatic carbocycles. The van der Waals surface area contributed by atoms with Crippen molar-refractivity contribution in [3.05, 3.63) is 22.6 Å². The number of carboxylic acid groups (broad SMARTS) is 1. The summed E-state index contributed by atoms with van der Waals surface area (Å²) in [6.07, 6.45) is -1.18. The van der Waals surface area contributed by atoms with Crippen LogP contribution in [0.1, 0.15) is 6.30 Å². The van der Waals surface area contributed by atoms with Gasteiger partial charge in [0.15, 0.2) is 0 Å². The minimum atomic E-state index is -2.46. The van der Waals surface area contributed by atoms with Crippen LogP contribution in [0, 0.1) is 0 Å². The van der Waals surface area contributed by atoms with E-state index in [1.165, 1.54) is 12.3 Å². The van der Waals surface area contributed by atoms with Crippen LogP contribution in [0.25, 0.3) is 0 Å². The largest absolute Gasteiger partial charge is 0.478 e. The Morgan fingerprint density at radius 1 is 1.50 bits per heavy atom. The second-order valence-corrected chi connectivity index (χ2v) is 3.77. The average molecular weight is 257 g/mol. The summed E-state index contributed by atoms with van der Waals surface area (Å²) in [6, 6.07) is 1.17. The summed E-state index contributed by atoms with van der Waals surface area (Å²) in [5.74, 6) is -1.75. The van der Waals surface area contributed by atoms with Gasteiger partial charge in [-0.1, -0.05) is 0 Å². The lowest BCUT2D eigenvalue weighted by Gasteiger charge is -2.28. The van der Waals surface area contributed by atoms with Crippen LogP contribution in [-0.2, 0) is 9.53 Å². The third kappa shape index (κ3) is 2.48. The fourth-order valence-corrected chi connectivity index (χ4v) is 1.68. The van der Waals surface area contributed by atoms with E-state index >= 15 is 0 Å². The lowest BCUT2D eigenvalue weighted by Crippen LogP contribution is -2.38. The molecule has 2 heterocycles. The van der Waals surface area contributed by atoms with Crippen molar-refractivity contribution in [2.45, 2.75) is 6.30 Å². The quantitative estimate of drug-likeness (QED) is 0.795. The summed E-state index contributed by atoms with van der Waals surface area (Å²) in [6.45, 7) is 2.32. The van der Waals surface area contributed by atoms with Gasteiger partial charge >= 0.3 is 5.97 Å². The van der Waals surface area contributed by atoms with Gasteiger partial charge in [0.25, 0.3) is 11.9 Å². The number of carbonyl (C=O) groups is 1. The smallest absolute Gasteiger partial charge is 0.361 e. The van der Waals surface area contributed by atoms with Crippen molar-refractivity contribution < 1.29 is 19.0 Å². The van der Waals surface area contributed by atoms with Gasteiger partial charge in [-0.3, -0.25) is 4.79 Å². The van der Waals surface area contributed by atoms with E-state index in [1.54, 1.807) is 0 Å². The molecule has 1 unspecified atom stereocenters. The first-order chi connectivity index (χ1) is 8.59. The Bertz CT molecular complexity index is 498. The highest BCUT2D eigenvalue weighted by molar-refractivity contribution is 5.69. The van der Waals surface area contributed by atoms with E-state index < -0.39 is 17.8 Å². The predicted molar refractivity (Wildman–Crippen MR) is 59.3 cm³/mol. The fourth-order valence-electron chi connectivity index (χ4n) is 1.68. The van der Waals surface area contributed by atoms with E-state index in [2.05, 4.69) is 5.10 Å². The monoisotopic (exact) mass is 257 g/mol.